The van der Waals surface area contributed by atoms with Gasteiger partial charge in [-0.25, -0.2) is 8.42 Å². The van der Waals surface area contributed by atoms with Crippen molar-refractivity contribution in [3.05, 3.63) is 0 Å². The van der Waals surface area contributed by atoms with Crippen LogP contribution in [0.4, 0.5) is 0 Å². The van der Waals surface area contributed by atoms with E-state index in [0.717, 1.165) is 0 Å². The van der Waals surface area contributed by atoms with Crippen LogP contribution in [0.3, 0.4) is 0 Å². The number of hydrogen-bond acceptors (Lipinski definition) is 5. The number of rotatable bonds is 4. The molecule has 1 saturated carbocycles. The number of methoxy groups -OCH3 is 1. The number of nitrogens with zero attached hydrogens (tertiary/aromatic N) is 1. The second-order valence-electron chi connectivity index (χ2n) is 6.18. The van der Waals surface area contributed by atoms with Gasteiger partial charge in [-0.05, 0) is 32.6 Å². The number of hydrogen-bond donors (Lipinski definition) is 1. The lowest BCUT2D eigenvalue weighted by atomic mass is 9.96. The van der Waals surface area contributed by atoms with Gasteiger partial charge in [-0.3, -0.25) is 9.59 Å². The second-order valence-corrected chi connectivity index (χ2v) is 8.28. The predicted octanol–water partition coefficient (Wildman–Crippen LogP) is 0.843. The first-order chi connectivity index (χ1) is 10.3. The Balaban J connectivity index is 2.24. The Bertz CT molecular complexity index is 546. The lowest BCUT2D eigenvalue weighted by Crippen LogP contribution is -2.51. The molecular weight excluding hydrogens is 310 g/mol. The van der Waals surface area contributed by atoms with E-state index in [0.29, 0.717) is 32.1 Å². The molecule has 2 aliphatic rings. The molecule has 0 aromatic rings. The zero-order chi connectivity index (χ0) is 16.5. The minimum atomic E-state index is -3.71. The zero-order valence-electron chi connectivity index (χ0n) is 12.9. The van der Waals surface area contributed by atoms with Crippen molar-refractivity contribution < 1.29 is 27.9 Å². The van der Waals surface area contributed by atoms with Crippen molar-refractivity contribution in [2.24, 2.45) is 11.8 Å². The average molecular weight is 333 g/mol. The Kier molecular flexibility index (Phi) is 5.11. The van der Waals surface area contributed by atoms with Crippen molar-refractivity contribution in [2.45, 2.75) is 50.3 Å². The minimum absolute atomic E-state index is 0.0107. The van der Waals surface area contributed by atoms with E-state index in [1.54, 1.807) is 6.92 Å². The van der Waals surface area contributed by atoms with Crippen LogP contribution in [0.1, 0.15) is 39.0 Å². The van der Waals surface area contributed by atoms with E-state index in [4.69, 9.17) is 9.84 Å². The van der Waals surface area contributed by atoms with Crippen molar-refractivity contribution >= 4 is 22.0 Å². The monoisotopic (exact) mass is 333 g/mol. The lowest BCUT2D eigenvalue weighted by molar-refractivity contribution is -0.145. The quantitative estimate of drug-likeness (QED) is 0.765. The van der Waals surface area contributed by atoms with Gasteiger partial charge in [0, 0.05) is 12.6 Å². The van der Waals surface area contributed by atoms with E-state index in [2.05, 4.69) is 0 Å². The number of ether oxygens (including phenoxy) is 1. The van der Waals surface area contributed by atoms with Crippen LogP contribution in [-0.4, -0.2) is 54.7 Å². The molecule has 0 amide bonds. The number of piperidine rings is 1. The highest BCUT2D eigenvalue weighted by Crippen LogP contribution is 2.36. The molecule has 126 valence electrons. The molecule has 1 heterocycles. The Morgan fingerprint density at radius 1 is 1.18 bits per heavy atom. The first-order valence-corrected chi connectivity index (χ1v) is 9.10. The van der Waals surface area contributed by atoms with Crippen LogP contribution in [0.25, 0.3) is 0 Å². The molecule has 2 rings (SSSR count). The summed E-state index contributed by atoms with van der Waals surface area (Å²) >= 11 is 0. The van der Waals surface area contributed by atoms with E-state index in [1.807, 2.05) is 0 Å². The maximum absolute atomic E-state index is 12.9. The second kappa shape index (κ2) is 6.54. The standard InChI is InChI=1S/C14H23NO6S/c1-9-6-7-10(13(16)17)8-15(9)22(19,20)12-5-3-4-11(12)14(18)21-2/h9-12H,3-8H2,1-2H3,(H,16,17). The molecule has 7 nitrogen and oxygen atoms in total. The Morgan fingerprint density at radius 2 is 1.86 bits per heavy atom. The van der Waals surface area contributed by atoms with Crippen LogP contribution in [0, 0.1) is 11.8 Å². The fourth-order valence-corrected chi connectivity index (χ4v) is 5.98. The van der Waals surface area contributed by atoms with Gasteiger partial charge in [-0.15, -0.1) is 0 Å². The lowest BCUT2D eigenvalue weighted by Gasteiger charge is -2.37. The highest BCUT2D eigenvalue weighted by molar-refractivity contribution is 7.89. The summed E-state index contributed by atoms with van der Waals surface area (Å²) in [5, 5.41) is 8.36. The van der Waals surface area contributed by atoms with Gasteiger partial charge in [0.05, 0.1) is 24.2 Å². The van der Waals surface area contributed by atoms with Crippen LogP contribution in [-0.2, 0) is 24.3 Å². The summed E-state index contributed by atoms with van der Waals surface area (Å²) in [4.78, 5) is 23.0. The molecule has 0 aromatic heterocycles. The molecule has 22 heavy (non-hydrogen) atoms. The van der Waals surface area contributed by atoms with Gasteiger partial charge < -0.3 is 9.84 Å². The van der Waals surface area contributed by atoms with E-state index in [9.17, 15) is 18.0 Å². The third-order valence-corrected chi connectivity index (χ3v) is 7.33. The van der Waals surface area contributed by atoms with E-state index in [1.165, 1.54) is 11.4 Å². The molecule has 4 atom stereocenters. The van der Waals surface area contributed by atoms with Gasteiger partial charge in [0.15, 0.2) is 0 Å². The average Bonchev–Trinajstić information content (AvgIpc) is 2.96. The first-order valence-electron chi connectivity index (χ1n) is 7.60. The Morgan fingerprint density at radius 3 is 2.45 bits per heavy atom. The molecule has 1 N–H and O–H groups in total. The van der Waals surface area contributed by atoms with E-state index >= 15 is 0 Å². The van der Waals surface area contributed by atoms with Crippen molar-refractivity contribution in [3.63, 3.8) is 0 Å². The third-order valence-electron chi connectivity index (χ3n) is 4.84. The molecule has 1 saturated heterocycles. The summed E-state index contributed by atoms with van der Waals surface area (Å²) in [6.45, 7) is 1.78. The number of aliphatic carboxylic acids is 1. The SMILES string of the molecule is COC(=O)C1CCCC1S(=O)(=O)N1CC(C(=O)O)CCC1C. The van der Waals surface area contributed by atoms with Gasteiger partial charge in [0.25, 0.3) is 0 Å². The fourth-order valence-electron chi connectivity index (χ4n) is 3.51. The summed E-state index contributed by atoms with van der Waals surface area (Å²) < 4.78 is 31.9. The number of carbonyl (C=O) groups is 2. The summed E-state index contributed by atoms with van der Waals surface area (Å²) in [5.74, 6) is -2.79. The van der Waals surface area contributed by atoms with Crippen LogP contribution in [0.15, 0.2) is 0 Å². The van der Waals surface area contributed by atoms with Crippen LogP contribution in [0.2, 0.25) is 0 Å². The largest absolute Gasteiger partial charge is 0.481 e. The summed E-state index contributed by atoms with van der Waals surface area (Å²) in [6, 6.07) is -0.237. The van der Waals surface area contributed by atoms with Crippen LogP contribution >= 0.6 is 0 Å². The van der Waals surface area contributed by atoms with Crippen molar-refractivity contribution in [3.8, 4) is 0 Å². The Labute approximate surface area is 130 Å². The minimum Gasteiger partial charge on any atom is -0.481 e. The molecule has 1 aliphatic heterocycles. The highest BCUT2D eigenvalue weighted by Gasteiger charge is 2.47. The summed E-state index contributed by atoms with van der Waals surface area (Å²) in [7, 11) is -2.45. The normalized spacial score (nSPS) is 33.5. The summed E-state index contributed by atoms with van der Waals surface area (Å²) in [5.41, 5.74) is 0. The van der Waals surface area contributed by atoms with Crippen LogP contribution in [0.5, 0.6) is 0 Å². The van der Waals surface area contributed by atoms with Gasteiger partial charge >= 0.3 is 11.9 Å². The molecule has 0 radical (unpaired) electrons. The van der Waals surface area contributed by atoms with Crippen molar-refractivity contribution in [1.82, 2.24) is 4.31 Å². The van der Waals surface area contributed by atoms with Gasteiger partial charge in [0.1, 0.15) is 0 Å². The molecule has 0 aromatic carbocycles. The molecule has 8 heteroatoms. The number of carboxylic acids is 1. The molecule has 0 bridgehead atoms. The molecular formula is C14H23NO6S. The first kappa shape index (κ1) is 17.2. The number of esters is 1. The van der Waals surface area contributed by atoms with Crippen molar-refractivity contribution in [1.29, 1.82) is 0 Å². The topological polar surface area (TPSA) is 101 Å². The molecule has 1 aliphatic carbocycles. The predicted molar refractivity (Wildman–Crippen MR) is 78.6 cm³/mol. The van der Waals surface area contributed by atoms with Crippen LogP contribution < -0.4 is 0 Å². The third kappa shape index (κ3) is 3.12. The number of sulfonamides is 1. The van der Waals surface area contributed by atoms with Gasteiger partial charge in [0.2, 0.25) is 10.0 Å². The maximum atomic E-state index is 12.9. The smallest absolute Gasteiger partial charge is 0.310 e. The molecule has 4 unspecified atom stereocenters. The molecule has 2 fully saturated rings. The maximum Gasteiger partial charge on any atom is 0.310 e. The highest BCUT2D eigenvalue weighted by atomic mass is 32.2. The van der Waals surface area contributed by atoms with Gasteiger partial charge in [-0.2, -0.15) is 4.31 Å². The van der Waals surface area contributed by atoms with Crippen molar-refractivity contribution in [2.75, 3.05) is 13.7 Å². The van der Waals surface area contributed by atoms with E-state index in [-0.39, 0.29) is 12.6 Å². The fraction of sp³-hybridized carbons (Fsp3) is 0.857. The Hall–Kier alpha value is -1.15. The van der Waals surface area contributed by atoms with Gasteiger partial charge in [-0.1, -0.05) is 6.42 Å². The summed E-state index contributed by atoms with van der Waals surface area (Å²) in [6.07, 6.45) is 2.58. The molecule has 0 spiro atoms. The number of carboxylic acid groups (broad SMARTS) is 1. The number of carbonyl (C=O) groups excluding carboxylic acids is 1. The zero-order valence-corrected chi connectivity index (χ0v) is 13.7. The van der Waals surface area contributed by atoms with E-state index < -0.39 is 39.0 Å².